The minimum atomic E-state index is -0.331. The largest absolute Gasteiger partial charge is 0.362 e. The van der Waals surface area contributed by atoms with E-state index < -0.39 is 0 Å². The summed E-state index contributed by atoms with van der Waals surface area (Å²) in [6, 6.07) is 3.60. The Morgan fingerprint density at radius 2 is 2.14 bits per heavy atom. The first-order valence-corrected chi connectivity index (χ1v) is 4.38. The van der Waals surface area contributed by atoms with Gasteiger partial charge in [-0.1, -0.05) is 13.0 Å². The quantitative estimate of drug-likeness (QED) is 0.577. The van der Waals surface area contributed by atoms with Gasteiger partial charge in [0.15, 0.2) is 0 Å². The van der Waals surface area contributed by atoms with Crippen molar-refractivity contribution in [3.05, 3.63) is 29.3 Å². The molecular formula is C10H15FN2O. The predicted molar refractivity (Wildman–Crippen MR) is 53.4 cm³/mol. The number of carbonyl (C=O) groups is 1. The third-order valence-corrected chi connectivity index (χ3v) is 1.56. The molecule has 1 heterocycles. The molecule has 0 unspecified atom stereocenters. The van der Waals surface area contributed by atoms with Crippen LogP contribution in [0.3, 0.4) is 0 Å². The third kappa shape index (κ3) is 4.54. The molecule has 0 aliphatic carbocycles. The summed E-state index contributed by atoms with van der Waals surface area (Å²) in [4.78, 5) is 12.7. The minimum absolute atomic E-state index is 0.331. The maximum Gasteiger partial charge on any atom is 0.216 e. The van der Waals surface area contributed by atoms with Crippen molar-refractivity contribution in [2.75, 3.05) is 7.05 Å². The molecule has 4 heteroatoms. The van der Waals surface area contributed by atoms with Crippen LogP contribution in [-0.2, 0) is 11.2 Å². The summed E-state index contributed by atoms with van der Waals surface area (Å²) in [5, 5.41) is 2.25. The molecule has 0 atom stereocenters. The number of rotatable bonds is 2. The van der Waals surface area contributed by atoms with Gasteiger partial charge >= 0.3 is 0 Å². The average Bonchev–Trinajstić information content (AvgIpc) is 2.18. The Hall–Kier alpha value is -1.45. The van der Waals surface area contributed by atoms with Crippen LogP contribution >= 0.6 is 0 Å². The predicted octanol–water partition coefficient (Wildman–Crippen LogP) is 1.45. The maximum absolute atomic E-state index is 12.7. The number of hydrogen-bond acceptors (Lipinski definition) is 2. The van der Waals surface area contributed by atoms with Crippen LogP contribution < -0.4 is 5.32 Å². The van der Waals surface area contributed by atoms with Gasteiger partial charge in [0.2, 0.25) is 12.4 Å². The van der Waals surface area contributed by atoms with Crippen molar-refractivity contribution in [3.63, 3.8) is 0 Å². The van der Waals surface area contributed by atoms with Crippen LogP contribution in [0.15, 0.2) is 12.1 Å². The Morgan fingerprint density at radius 1 is 1.57 bits per heavy atom. The van der Waals surface area contributed by atoms with Gasteiger partial charge in [-0.3, -0.25) is 4.79 Å². The van der Waals surface area contributed by atoms with Gasteiger partial charge in [0.1, 0.15) is 0 Å². The summed E-state index contributed by atoms with van der Waals surface area (Å²) in [5.41, 5.74) is 1.42. The van der Waals surface area contributed by atoms with Crippen molar-refractivity contribution in [1.82, 2.24) is 10.3 Å². The zero-order valence-corrected chi connectivity index (χ0v) is 8.67. The summed E-state index contributed by atoms with van der Waals surface area (Å²) >= 11 is 0. The fourth-order valence-corrected chi connectivity index (χ4v) is 0.818. The lowest BCUT2D eigenvalue weighted by molar-refractivity contribution is -0.109. The fourth-order valence-electron chi connectivity index (χ4n) is 0.818. The second-order valence-electron chi connectivity index (χ2n) is 2.66. The summed E-state index contributed by atoms with van der Waals surface area (Å²) in [6.07, 6.45) is 1.33. The second kappa shape index (κ2) is 7.00. The minimum Gasteiger partial charge on any atom is -0.362 e. The maximum atomic E-state index is 12.7. The zero-order chi connectivity index (χ0) is 11.0. The summed E-state index contributed by atoms with van der Waals surface area (Å²) in [5.74, 6) is -0.331. The molecule has 14 heavy (non-hydrogen) atoms. The Labute approximate surface area is 83.4 Å². The van der Waals surface area contributed by atoms with Gasteiger partial charge in [0.25, 0.3) is 0 Å². The molecule has 0 fully saturated rings. The normalized spacial score (nSPS) is 8.57. The number of nitrogens with one attached hydrogen (secondary N) is 1. The lowest BCUT2D eigenvalue weighted by Gasteiger charge is -1.97. The molecule has 0 aliphatic heterocycles. The smallest absolute Gasteiger partial charge is 0.216 e. The van der Waals surface area contributed by atoms with Gasteiger partial charge in [0, 0.05) is 18.3 Å². The van der Waals surface area contributed by atoms with Crippen LogP contribution in [-0.4, -0.2) is 18.4 Å². The molecule has 1 rings (SSSR count). The topological polar surface area (TPSA) is 42.0 Å². The van der Waals surface area contributed by atoms with Crippen molar-refractivity contribution in [3.8, 4) is 0 Å². The van der Waals surface area contributed by atoms with Crippen molar-refractivity contribution >= 4 is 6.41 Å². The van der Waals surface area contributed by atoms with Gasteiger partial charge in [-0.25, -0.2) is 4.98 Å². The summed E-state index contributed by atoms with van der Waals surface area (Å²) in [7, 11) is 1.56. The van der Waals surface area contributed by atoms with Gasteiger partial charge in [-0.15, -0.1) is 0 Å². The number of pyridine rings is 1. The molecule has 3 nitrogen and oxygen atoms in total. The van der Waals surface area contributed by atoms with Crippen LogP contribution in [0.5, 0.6) is 0 Å². The second-order valence-corrected chi connectivity index (χ2v) is 2.66. The molecule has 1 N–H and O–H groups in total. The molecule has 1 aromatic rings. The molecule has 0 radical (unpaired) electrons. The van der Waals surface area contributed by atoms with E-state index in [9.17, 15) is 4.39 Å². The monoisotopic (exact) mass is 198 g/mol. The van der Waals surface area contributed by atoms with E-state index in [1.165, 1.54) is 0 Å². The molecular weight excluding hydrogens is 183 g/mol. The van der Waals surface area contributed by atoms with Crippen molar-refractivity contribution in [2.24, 2.45) is 0 Å². The van der Waals surface area contributed by atoms with Crippen LogP contribution in [0.4, 0.5) is 4.39 Å². The number of carbonyl (C=O) groups excluding carboxylic acids is 1. The molecule has 78 valence electrons. The number of nitrogens with zero attached hydrogens (tertiary/aromatic N) is 1. The molecule has 1 amide bonds. The summed E-state index contributed by atoms with van der Waals surface area (Å²) < 4.78 is 12.7. The fraction of sp³-hybridized carbons (Fsp3) is 0.400. The number of aromatic nitrogens is 1. The highest BCUT2D eigenvalue weighted by atomic mass is 19.1. The van der Waals surface area contributed by atoms with E-state index in [0.717, 1.165) is 5.69 Å². The van der Waals surface area contributed by atoms with Crippen LogP contribution in [0.25, 0.3) is 0 Å². The van der Waals surface area contributed by atoms with Gasteiger partial charge in [0.05, 0.1) is 0 Å². The highest BCUT2D eigenvalue weighted by molar-refractivity contribution is 5.44. The Morgan fingerprint density at radius 3 is 2.50 bits per heavy atom. The first-order chi connectivity index (χ1) is 6.65. The Balaban J connectivity index is 0.000000364. The lowest BCUT2D eigenvalue weighted by atomic mass is 10.2. The van der Waals surface area contributed by atoms with Crippen LogP contribution in [0.2, 0.25) is 0 Å². The van der Waals surface area contributed by atoms with Crippen LogP contribution in [0, 0.1) is 12.9 Å². The van der Waals surface area contributed by atoms with Gasteiger partial charge in [-0.05, 0) is 19.4 Å². The summed E-state index contributed by atoms with van der Waals surface area (Å²) in [6.45, 7) is 3.69. The molecule has 0 spiro atoms. The number of hydrogen-bond donors (Lipinski definition) is 1. The van der Waals surface area contributed by atoms with E-state index >= 15 is 0 Å². The van der Waals surface area contributed by atoms with E-state index in [4.69, 9.17) is 4.79 Å². The number of amides is 1. The SMILES string of the molecule is CCc1ccc(C)nc1F.CNC=O. The van der Waals surface area contributed by atoms with Crippen molar-refractivity contribution < 1.29 is 9.18 Å². The highest BCUT2D eigenvalue weighted by Gasteiger charge is 1.98. The molecule has 0 aliphatic rings. The van der Waals surface area contributed by atoms with E-state index in [2.05, 4.69) is 10.3 Å². The van der Waals surface area contributed by atoms with Crippen molar-refractivity contribution in [1.29, 1.82) is 0 Å². The number of halogens is 1. The first kappa shape index (κ1) is 12.6. The lowest BCUT2D eigenvalue weighted by Crippen LogP contribution is -1.98. The standard InChI is InChI=1S/C8H10FN.C2H5NO/c1-3-7-5-4-6(2)10-8(7)9;1-3-2-4/h4-5H,3H2,1-2H3;2H,1H3,(H,3,4). The Kier molecular flexibility index (Phi) is 6.28. The van der Waals surface area contributed by atoms with Crippen molar-refractivity contribution in [2.45, 2.75) is 20.3 Å². The number of aryl methyl sites for hydroxylation is 2. The first-order valence-electron chi connectivity index (χ1n) is 4.38. The van der Waals surface area contributed by atoms with E-state index in [0.29, 0.717) is 18.4 Å². The van der Waals surface area contributed by atoms with Crippen LogP contribution in [0.1, 0.15) is 18.2 Å². The molecule has 0 saturated heterocycles. The van der Waals surface area contributed by atoms with E-state index in [-0.39, 0.29) is 5.95 Å². The highest BCUT2D eigenvalue weighted by Crippen LogP contribution is 2.05. The average molecular weight is 198 g/mol. The van der Waals surface area contributed by atoms with Gasteiger partial charge < -0.3 is 5.32 Å². The zero-order valence-electron chi connectivity index (χ0n) is 8.67. The third-order valence-electron chi connectivity index (χ3n) is 1.56. The van der Waals surface area contributed by atoms with E-state index in [1.54, 1.807) is 20.0 Å². The van der Waals surface area contributed by atoms with E-state index in [1.807, 2.05) is 13.0 Å². The molecule has 0 saturated carbocycles. The molecule has 0 aromatic carbocycles. The molecule has 0 bridgehead atoms. The Bertz CT molecular complexity index is 289. The van der Waals surface area contributed by atoms with Gasteiger partial charge in [-0.2, -0.15) is 4.39 Å². The molecule has 1 aromatic heterocycles.